The highest BCUT2D eigenvalue weighted by Crippen LogP contribution is 2.41. The summed E-state index contributed by atoms with van der Waals surface area (Å²) in [6.45, 7) is 19.5. The summed E-state index contributed by atoms with van der Waals surface area (Å²) in [5.74, 6) is -5.52. The van der Waals surface area contributed by atoms with Crippen molar-refractivity contribution in [2.24, 2.45) is 5.41 Å². The number of nitrogens with zero attached hydrogens (tertiary/aromatic N) is 1. The minimum absolute atomic E-state index is 0.0265. The summed E-state index contributed by atoms with van der Waals surface area (Å²) in [6, 6.07) is 10.2. The third kappa shape index (κ3) is 64.8. The minimum Gasteiger partial charge on any atom is -0.542 e. The average Bonchev–Trinajstić information content (AvgIpc) is 1.66. The van der Waals surface area contributed by atoms with E-state index in [1.807, 2.05) is 0 Å². The zero-order valence-corrected chi connectivity index (χ0v) is 75.8. The summed E-state index contributed by atoms with van der Waals surface area (Å²) in [7, 11) is 4.46. The summed E-state index contributed by atoms with van der Waals surface area (Å²) < 4.78 is 112. The molecule has 2 aromatic carbocycles. The number of carbonyl (C=O) groups excluding carboxylic acids is 6. The molecule has 3 rings (SSSR count). The molecule has 6 N–H and O–H groups in total. The van der Waals surface area contributed by atoms with E-state index < -0.39 is 35.5 Å². The van der Waals surface area contributed by atoms with Gasteiger partial charge in [0.25, 0.3) is 5.91 Å². The van der Waals surface area contributed by atoms with Gasteiger partial charge in [-0.2, -0.15) is 13.2 Å². The van der Waals surface area contributed by atoms with E-state index in [1.165, 1.54) is 116 Å². The molecule has 34 heteroatoms. The van der Waals surface area contributed by atoms with E-state index in [-0.39, 0.29) is 84.2 Å². The van der Waals surface area contributed by atoms with Crippen molar-refractivity contribution >= 4 is 70.4 Å². The van der Waals surface area contributed by atoms with Crippen molar-refractivity contribution in [2.45, 2.75) is 225 Å². The fourth-order valence-electron chi connectivity index (χ4n) is 13.2. The number of nitrogens with one attached hydrogen (secondary N) is 5. The number of carbonyl (C=O) groups is 7. The van der Waals surface area contributed by atoms with Gasteiger partial charge in [-0.3, -0.25) is 24.0 Å². The summed E-state index contributed by atoms with van der Waals surface area (Å²) >= 11 is 12.3. The molecule has 0 aliphatic heterocycles. The molecule has 2 atom stereocenters. The standard InChI is InChI=1S/C87H150Cl2N6O21.C2HF3O2/c1-5-7-9-11-13-15-17-19-21-25-45-115-73-76(116-46-26-22-20-18-16-14-12-10-8-6-2)72-95(3,4)44-28-41-90-80(96)35-36-81(97)92-43-48-104-50-52-106-54-56-108-58-60-110-62-64-112-66-68-114-70-69-113-67-65-111-63-61-109-59-57-107-55-53-105-51-49-103-47-37-82(98)91-42-40-87(38-23-24-39-87)86(102)94-79(85(100)101)71-74-31-33-75(34-32-74)93-84(99)83-77(88)29-27-30-78(83)89;3-2(4,5)1(6)7/h27,29-34,76,79H,5-26,28,35-73H2,1-4H3,(H5-,90,91,92,93,94,96,97,98,99,100,101,102);(H,6,7)/t76?,79-;/m0./s1. The molecule has 0 spiro atoms. The zero-order valence-electron chi connectivity index (χ0n) is 74.3. The lowest BCUT2D eigenvalue weighted by molar-refractivity contribution is -0.893. The Morgan fingerprint density at radius 2 is 0.829 bits per heavy atom. The van der Waals surface area contributed by atoms with Gasteiger partial charge in [-0.15, -0.1) is 0 Å². The highest BCUT2D eigenvalue weighted by Gasteiger charge is 2.42. The van der Waals surface area contributed by atoms with Gasteiger partial charge in [-0.05, 0) is 61.9 Å². The number of hydrogen-bond acceptors (Lipinski definition) is 22. The highest BCUT2D eigenvalue weighted by molar-refractivity contribution is 6.40. The minimum atomic E-state index is -5.19. The monoisotopic (exact) mass is 1800 g/mol. The molecule has 1 aliphatic rings. The molecular weight excluding hydrogens is 1650 g/mol. The number of rotatable bonds is 83. The number of unbranched alkanes of at least 4 members (excludes halogenated alkanes) is 18. The lowest BCUT2D eigenvalue weighted by Gasteiger charge is -2.33. The second-order valence-electron chi connectivity index (χ2n) is 31.1. The van der Waals surface area contributed by atoms with E-state index >= 15 is 0 Å². The molecule has 1 aliphatic carbocycles. The number of carboxylic acids is 2. The van der Waals surface area contributed by atoms with Crippen LogP contribution in [0.1, 0.15) is 216 Å². The summed E-state index contributed by atoms with van der Waals surface area (Å²) in [5, 5.41) is 33.5. The molecule has 1 fully saturated rings. The van der Waals surface area contributed by atoms with Gasteiger partial charge in [-0.1, -0.05) is 184 Å². The van der Waals surface area contributed by atoms with Crippen LogP contribution in [0.3, 0.4) is 0 Å². The number of ether oxygens (including phenoxy) is 14. The van der Waals surface area contributed by atoms with Crippen molar-refractivity contribution in [1.82, 2.24) is 21.3 Å². The number of halogens is 5. The molecule has 1 unspecified atom stereocenters. The van der Waals surface area contributed by atoms with E-state index in [0.29, 0.717) is 202 Å². The van der Waals surface area contributed by atoms with Crippen molar-refractivity contribution in [3.05, 3.63) is 63.6 Å². The van der Waals surface area contributed by atoms with Crippen LogP contribution in [0.5, 0.6) is 0 Å². The number of benzene rings is 2. The topological polar surface area (TPSA) is 352 Å². The maximum atomic E-state index is 13.7. The van der Waals surface area contributed by atoms with Crippen molar-refractivity contribution < 1.29 is 128 Å². The van der Waals surface area contributed by atoms with Gasteiger partial charge >= 0.3 is 12.1 Å². The molecule has 5 amide bonds. The van der Waals surface area contributed by atoms with Crippen LogP contribution in [-0.4, -0.2) is 295 Å². The van der Waals surface area contributed by atoms with Crippen LogP contribution in [0.15, 0.2) is 42.5 Å². The maximum Gasteiger partial charge on any atom is 0.430 e. The number of anilines is 1. The number of alkyl halides is 3. The second-order valence-corrected chi connectivity index (χ2v) is 31.9. The molecule has 2 aromatic rings. The molecular formula is C89H151Cl2F3N6O23. The van der Waals surface area contributed by atoms with Crippen LogP contribution < -0.4 is 31.7 Å². The van der Waals surface area contributed by atoms with Crippen LogP contribution in [0, 0.1) is 5.41 Å². The van der Waals surface area contributed by atoms with Crippen LogP contribution in [0.25, 0.3) is 0 Å². The first-order valence-corrected chi connectivity index (χ1v) is 45.7. The van der Waals surface area contributed by atoms with E-state index in [1.54, 1.807) is 42.5 Å². The second kappa shape index (κ2) is 76.5. The number of likely N-dealkylation sites (N-methyl/N-ethyl adjacent to an activating group) is 1. The summed E-state index contributed by atoms with van der Waals surface area (Å²) in [4.78, 5) is 85.2. The number of amides is 5. The van der Waals surface area contributed by atoms with Gasteiger partial charge in [0.15, 0.2) is 0 Å². The lowest BCUT2D eigenvalue weighted by Crippen LogP contribution is -2.49. The van der Waals surface area contributed by atoms with Gasteiger partial charge in [0.2, 0.25) is 23.6 Å². The Morgan fingerprint density at radius 1 is 0.463 bits per heavy atom. The third-order valence-corrected chi connectivity index (χ3v) is 20.7. The van der Waals surface area contributed by atoms with E-state index in [2.05, 4.69) is 54.5 Å². The Balaban J connectivity index is 0.00000699. The SMILES string of the molecule is CCCCCCCCCCCCOCC(C[N+](C)(C)CCCNC(=O)CCC(=O)NCCOCCOCCOCCOCCOCCOCCOCCOCCOCCOCCOCCOCCC(=O)NCCC1(C(=O)N[C@@H](Cc2ccc(NC(=O)c3c(Cl)cccc3Cl)cc2)C(=O)O)CCCC1)OCCCCCCCCCCCC.O=C([O-])C(F)(F)F. The van der Waals surface area contributed by atoms with E-state index in [9.17, 15) is 47.0 Å². The smallest absolute Gasteiger partial charge is 0.430 e. The van der Waals surface area contributed by atoms with Gasteiger partial charge in [0.1, 0.15) is 24.7 Å². The lowest BCUT2D eigenvalue weighted by atomic mass is 9.81. The Labute approximate surface area is 740 Å². The van der Waals surface area contributed by atoms with Gasteiger partial charge < -0.3 is 112 Å². The Hall–Kier alpha value is -5.50. The van der Waals surface area contributed by atoms with E-state index in [0.717, 1.165) is 62.9 Å². The molecule has 0 aromatic heterocycles. The average molecular weight is 1800 g/mol. The predicted octanol–water partition coefficient (Wildman–Crippen LogP) is 12.0. The maximum absolute atomic E-state index is 13.7. The largest absolute Gasteiger partial charge is 0.542 e. The van der Waals surface area contributed by atoms with Crippen molar-refractivity contribution in [3.8, 4) is 0 Å². The van der Waals surface area contributed by atoms with E-state index in [4.69, 9.17) is 99.4 Å². The summed E-state index contributed by atoms with van der Waals surface area (Å²) in [6.07, 6.45) is 25.4. The van der Waals surface area contributed by atoms with Crippen molar-refractivity contribution in [3.63, 3.8) is 0 Å². The number of carboxylic acid groups (broad SMARTS) is 2. The summed E-state index contributed by atoms with van der Waals surface area (Å²) in [5.41, 5.74) is 0.455. The Bertz CT molecular complexity index is 2970. The number of hydrogen-bond donors (Lipinski definition) is 6. The van der Waals surface area contributed by atoms with Gasteiger partial charge in [0.05, 0.1) is 207 Å². The Morgan fingerprint density at radius 3 is 1.24 bits per heavy atom. The van der Waals surface area contributed by atoms with Gasteiger partial charge in [0, 0.05) is 70.6 Å². The normalized spacial score (nSPS) is 13.1. The predicted molar refractivity (Wildman–Crippen MR) is 464 cm³/mol. The first-order valence-electron chi connectivity index (χ1n) is 44.9. The van der Waals surface area contributed by atoms with Gasteiger partial charge in [-0.25, -0.2) is 4.79 Å². The van der Waals surface area contributed by atoms with Crippen LogP contribution in [0.4, 0.5) is 18.9 Å². The fourth-order valence-corrected chi connectivity index (χ4v) is 13.7. The highest BCUT2D eigenvalue weighted by atomic mass is 35.5. The molecule has 0 bridgehead atoms. The van der Waals surface area contributed by atoms with Crippen LogP contribution in [-0.2, 0) is 102 Å². The first-order chi connectivity index (χ1) is 59.5. The third-order valence-electron chi connectivity index (χ3n) is 20.1. The van der Waals surface area contributed by atoms with Crippen LogP contribution in [0.2, 0.25) is 10.0 Å². The molecule has 29 nitrogen and oxygen atoms in total. The van der Waals surface area contributed by atoms with Crippen LogP contribution >= 0.6 is 23.2 Å². The molecule has 0 saturated heterocycles. The fraction of sp³-hybridized carbons (Fsp3) is 0.787. The van der Waals surface area contributed by atoms with Crippen molar-refractivity contribution in [1.29, 1.82) is 0 Å². The molecule has 0 radical (unpaired) electrons. The Kier molecular flexibility index (Phi) is 70.7. The quantitative estimate of drug-likeness (QED) is 0.0265. The number of quaternary nitrogens is 1. The van der Waals surface area contributed by atoms with Crippen molar-refractivity contribution in [2.75, 3.05) is 231 Å². The molecule has 710 valence electrons. The zero-order chi connectivity index (χ0) is 89.8. The molecule has 123 heavy (non-hydrogen) atoms. The first kappa shape index (κ1) is 114. The number of aliphatic carboxylic acids is 2. The molecule has 0 heterocycles. The molecule has 1 saturated carbocycles.